The van der Waals surface area contributed by atoms with Gasteiger partial charge in [0.05, 0.1) is 0 Å². The highest BCUT2D eigenvalue weighted by molar-refractivity contribution is 4.53. The van der Waals surface area contributed by atoms with Gasteiger partial charge in [0, 0.05) is 6.54 Å². The molecule has 0 heterocycles. The normalized spacial score (nSPS) is 14.7. The molecule has 10 heavy (non-hydrogen) atoms. The van der Waals surface area contributed by atoms with Gasteiger partial charge in [0.2, 0.25) is 0 Å². The van der Waals surface area contributed by atoms with Crippen molar-refractivity contribution < 1.29 is 10.3 Å². The topological polar surface area (TPSA) is 43.7 Å². The van der Waals surface area contributed by atoms with Crippen molar-refractivity contribution in [3.63, 3.8) is 0 Å². The molecule has 0 aliphatic rings. The van der Waals surface area contributed by atoms with Gasteiger partial charge < -0.3 is 10.3 Å². The van der Waals surface area contributed by atoms with E-state index in [4.69, 9.17) is 10.3 Å². The summed E-state index contributed by atoms with van der Waals surface area (Å²) in [5.74, 6) is 0.413. The highest BCUT2D eigenvalue weighted by atomic mass is 16.5. The molecule has 0 radical (unpaired) electrons. The molecule has 0 aliphatic carbocycles. The van der Waals surface area contributed by atoms with Gasteiger partial charge in [-0.05, 0) is 19.3 Å². The molecule has 1 atom stereocenters. The van der Waals surface area contributed by atoms with Crippen LogP contribution in [0.5, 0.6) is 0 Å². The molecular weight excluding hydrogens is 130 g/mol. The van der Waals surface area contributed by atoms with Gasteiger partial charge in [-0.3, -0.25) is 0 Å². The zero-order chi connectivity index (χ0) is 8.15. The van der Waals surface area contributed by atoms with Crippen LogP contribution in [0, 0.1) is 5.92 Å². The van der Waals surface area contributed by atoms with Crippen LogP contribution in [0.1, 0.15) is 27.2 Å². The maximum atomic E-state index is 9.16. The standard InChI is InChI=1S/C7H17NO2/c1-4-8(10)7(9)5-6(2)3/h6-7,9-10H,4-5H2,1-3H3. The Hall–Kier alpha value is -0.120. The van der Waals surface area contributed by atoms with Crippen LogP contribution in [0.2, 0.25) is 0 Å². The lowest BCUT2D eigenvalue weighted by Crippen LogP contribution is -2.32. The Morgan fingerprint density at radius 3 is 2.20 bits per heavy atom. The molecule has 0 saturated heterocycles. The van der Waals surface area contributed by atoms with Crippen LogP contribution in [-0.4, -0.2) is 28.1 Å². The number of hydroxylamine groups is 2. The van der Waals surface area contributed by atoms with Crippen molar-refractivity contribution in [3.05, 3.63) is 0 Å². The monoisotopic (exact) mass is 147 g/mol. The first-order valence-corrected chi connectivity index (χ1v) is 3.71. The van der Waals surface area contributed by atoms with Gasteiger partial charge in [-0.25, -0.2) is 0 Å². The molecule has 0 aromatic rings. The smallest absolute Gasteiger partial charge is 0.129 e. The molecule has 0 rings (SSSR count). The summed E-state index contributed by atoms with van der Waals surface area (Å²) in [6.07, 6.45) is -0.0883. The first kappa shape index (κ1) is 9.88. The van der Waals surface area contributed by atoms with Gasteiger partial charge in [-0.15, -0.1) is 0 Å². The fourth-order valence-corrected chi connectivity index (χ4v) is 0.754. The largest absolute Gasteiger partial charge is 0.376 e. The third kappa shape index (κ3) is 3.82. The van der Waals surface area contributed by atoms with E-state index in [1.807, 2.05) is 13.8 Å². The van der Waals surface area contributed by atoms with Gasteiger partial charge in [0.1, 0.15) is 6.23 Å². The molecule has 0 amide bonds. The SMILES string of the molecule is CCN(O)C(O)CC(C)C. The summed E-state index contributed by atoms with van der Waals surface area (Å²) < 4.78 is 0. The second kappa shape index (κ2) is 4.66. The summed E-state index contributed by atoms with van der Waals surface area (Å²) in [5, 5.41) is 19.1. The molecule has 62 valence electrons. The molecule has 0 aliphatic heterocycles. The van der Waals surface area contributed by atoms with Gasteiger partial charge in [-0.1, -0.05) is 13.8 Å². The predicted octanol–water partition coefficient (Wildman–Crippen LogP) is 1.06. The lowest BCUT2D eigenvalue weighted by molar-refractivity contribution is -0.197. The van der Waals surface area contributed by atoms with Crippen molar-refractivity contribution in [3.8, 4) is 0 Å². The molecule has 0 bridgehead atoms. The van der Waals surface area contributed by atoms with E-state index in [1.165, 1.54) is 0 Å². The minimum Gasteiger partial charge on any atom is -0.376 e. The van der Waals surface area contributed by atoms with Crippen LogP contribution in [-0.2, 0) is 0 Å². The summed E-state index contributed by atoms with van der Waals surface area (Å²) in [5.41, 5.74) is 0. The number of aliphatic hydroxyl groups is 1. The fourth-order valence-electron chi connectivity index (χ4n) is 0.754. The minimum absolute atomic E-state index is 0.413. The highest BCUT2D eigenvalue weighted by Gasteiger charge is 2.11. The third-order valence-electron chi connectivity index (χ3n) is 1.35. The van der Waals surface area contributed by atoms with Crippen molar-refractivity contribution in [2.24, 2.45) is 5.92 Å². The summed E-state index contributed by atoms with van der Waals surface area (Å²) in [6.45, 7) is 6.27. The van der Waals surface area contributed by atoms with E-state index in [9.17, 15) is 0 Å². The van der Waals surface area contributed by atoms with Crippen LogP contribution >= 0.6 is 0 Å². The quantitative estimate of drug-likeness (QED) is 0.461. The van der Waals surface area contributed by atoms with Crippen molar-refractivity contribution in [1.29, 1.82) is 0 Å². The number of aliphatic hydroxyl groups excluding tert-OH is 1. The molecular formula is C7H17NO2. The summed E-state index contributed by atoms with van der Waals surface area (Å²) in [4.78, 5) is 0. The zero-order valence-corrected chi connectivity index (χ0v) is 6.91. The average Bonchev–Trinajstić information content (AvgIpc) is 1.85. The van der Waals surface area contributed by atoms with E-state index in [0.717, 1.165) is 5.06 Å². The van der Waals surface area contributed by atoms with Crippen LogP contribution in [0.3, 0.4) is 0 Å². The Bertz CT molecular complexity index is 85.7. The van der Waals surface area contributed by atoms with Crippen molar-refractivity contribution in [1.82, 2.24) is 5.06 Å². The Kier molecular flexibility index (Phi) is 4.60. The summed E-state index contributed by atoms with van der Waals surface area (Å²) in [6, 6.07) is 0. The van der Waals surface area contributed by atoms with Crippen LogP contribution in [0.4, 0.5) is 0 Å². The third-order valence-corrected chi connectivity index (χ3v) is 1.35. The van der Waals surface area contributed by atoms with Gasteiger partial charge in [-0.2, -0.15) is 5.06 Å². The first-order chi connectivity index (χ1) is 4.57. The van der Waals surface area contributed by atoms with Crippen molar-refractivity contribution in [2.45, 2.75) is 33.4 Å². The van der Waals surface area contributed by atoms with Crippen LogP contribution in [0.15, 0.2) is 0 Å². The maximum absolute atomic E-state index is 9.16. The molecule has 3 heteroatoms. The Labute approximate surface area is 62.2 Å². The van der Waals surface area contributed by atoms with Crippen LogP contribution in [0.25, 0.3) is 0 Å². The number of hydrogen-bond donors (Lipinski definition) is 2. The predicted molar refractivity (Wildman–Crippen MR) is 39.6 cm³/mol. The van der Waals surface area contributed by atoms with E-state index in [2.05, 4.69) is 0 Å². The molecule has 0 aromatic carbocycles. The first-order valence-electron chi connectivity index (χ1n) is 3.71. The maximum Gasteiger partial charge on any atom is 0.129 e. The number of rotatable bonds is 4. The molecule has 2 N–H and O–H groups in total. The summed E-state index contributed by atoms with van der Waals surface area (Å²) in [7, 11) is 0. The number of hydrogen-bond acceptors (Lipinski definition) is 3. The van der Waals surface area contributed by atoms with Crippen molar-refractivity contribution in [2.75, 3.05) is 6.54 Å². The van der Waals surface area contributed by atoms with Crippen molar-refractivity contribution >= 4 is 0 Å². The molecule has 0 aromatic heterocycles. The average molecular weight is 147 g/mol. The molecule has 0 fully saturated rings. The van der Waals surface area contributed by atoms with E-state index < -0.39 is 6.23 Å². The van der Waals surface area contributed by atoms with E-state index in [-0.39, 0.29) is 0 Å². The lowest BCUT2D eigenvalue weighted by atomic mass is 10.1. The molecule has 0 spiro atoms. The van der Waals surface area contributed by atoms with E-state index in [1.54, 1.807) is 6.92 Å². The molecule has 3 nitrogen and oxygen atoms in total. The van der Waals surface area contributed by atoms with E-state index in [0.29, 0.717) is 18.9 Å². The Morgan fingerprint density at radius 1 is 1.40 bits per heavy atom. The second-order valence-corrected chi connectivity index (χ2v) is 2.87. The fraction of sp³-hybridized carbons (Fsp3) is 1.00. The highest BCUT2D eigenvalue weighted by Crippen LogP contribution is 2.06. The van der Waals surface area contributed by atoms with Gasteiger partial charge in [0.25, 0.3) is 0 Å². The lowest BCUT2D eigenvalue weighted by Gasteiger charge is -2.20. The summed E-state index contributed by atoms with van der Waals surface area (Å²) >= 11 is 0. The van der Waals surface area contributed by atoms with Crippen LogP contribution < -0.4 is 0 Å². The van der Waals surface area contributed by atoms with E-state index >= 15 is 0 Å². The Morgan fingerprint density at radius 2 is 1.90 bits per heavy atom. The number of nitrogens with zero attached hydrogens (tertiary/aromatic N) is 1. The Balaban J connectivity index is 3.50. The minimum atomic E-state index is -0.704. The zero-order valence-electron chi connectivity index (χ0n) is 6.91. The second-order valence-electron chi connectivity index (χ2n) is 2.87. The molecule has 0 saturated carbocycles. The van der Waals surface area contributed by atoms with Gasteiger partial charge >= 0.3 is 0 Å². The molecule has 1 unspecified atom stereocenters. The van der Waals surface area contributed by atoms with Gasteiger partial charge in [0.15, 0.2) is 0 Å².